The number of hydrogen-bond donors (Lipinski definition) is 2. The van der Waals surface area contributed by atoms with Crippen molar-refractivity contribution < 1.29 is 23.0 Å². The Balaban J connectivity index is 1.97. The van der Waals surface area contributed by atoms with Crippen LogP contribution in [-0.4, -0.2) is 38.3 Å². The molecule has 1 aromatic rings. The fraction of sp³-hybridized carbons (Fsp3) is 0.500. The summed E-state index contributed by atoms with van der Waals surface area (Å²) in [6.07, 6.45) is 0.222. The number of nitrogens with one attached hydrogen (secondary N) is 2. The van der Waals surface area contributed by atoms with Gasteiger partial charge in [0.25, 0.3) is 0 Å². The smallest absolute Gasteiger partial charge is 0.387 e. The standard InChI is InChI=1S/C14H16Cl2F2N2O3/c15-9-3-8(13(11(16)4-9)23-14(17)18)6-20-12(21)5-10-7-22-2-1-19-10/h3-4,10,14,19H,1-2,5-7H2,(H,20,21). The second kappa shape index (κ2) is 8.63. The van der Waals surface area contributed by atoms with Gasteiger partial charge in [-0.15, -0.1) is 0 Å². The zero-order valence-electron chi connectivity index (χ0n) is 12.1. The molecule has 1 amide bonds. The third-order valence-corrected chi connectivity index (χ3v) is 3.70. The number of morpholine rings is 1. The van der Waals surface area contributed by atoms with Crippen molar-refractivity contribution in [3.8, 4) is 5.75 Å². The van der Waals surface area contributed by atoms with E-state index in [-0.39, 0.29) is 46.3 Å². The maximum absolute atomic E-state index is 12.5. The van der Waals surface area contributed by atoms with Gasteiger partial charge in [-0.3, -0.25) is 4.79 Å². The number of carbonyl (C=O) groups excluding carboxylic acids is 1. The summed E-state index contributed by atoms with van der Waals surface area (Å²) in [5, 5.41) is 6.02. The molecule has 128 valence electrons. The highest BCUT2D eigenvalue weighted by atomic mass is 35.5. The van der Waals surface area contributed by atoms with E-state index >= 15 is 0 Å². The summed E-state index contributed by atoms with van der Waals surface area (Å²) in [6.45, 7) is -1.28. The summed E-state index contributed by atoms with van der Waals surface area (Å²) in [5.74, 6) is -0.433. The summed E-state index contributed by atoms with van der Waals surface area (Å²) in [5.41, 5.74) is 0.281. The van der Waals surface area contributed by atoms with E-state index in [0.29, 0.717) is 19.8 Å². The van der Waals surface area contributed by atoms with Crippen LogP contribution in [0, 0.1) is 0 Å². The molecule has 0 aromatic heterocycles. The van der Waals surface area contributed by atoms with Gasteiger partial charge in [0.05, 0.1) is 18.2 Å². The fourth-order valence-corrected chi connectivity index (χ4v) is 2.79. The molecule has 0 radical (unpaired) electrons. The Morgan fingerprint density at radius 1 is 1.48 bits per heavy atom. The highest BCUT2D eigenvalue weighted by Crippen LogP contribution is 2.33. The third-order valence-electron chi connectivity index (χ3n) is 3.20. The molecule has 9 heteroatoms. The molecule has 2 rings (SSSR count). The first kappa shape index (κ1) is 18.2. The quantitative estimate of drug-likeness (QED) is 0.810. The van der Waals surface area contributed by atoms with Crippen LogP contribution < -0.4 is 15.4 Å². The number of halogens is 4. The van der Waals surface area contributed by atoms with Crippen molar-refractivity contribution in [2.24, 2.45) is 0 Å². The molecular formula is C14H16Cl2F2N2O3. The number of amides is 1. The second-order valence-corrected chi connectivity index (χ2v) is 5.80. The van der Waals surface area contributed by atoms with Gasteiger partial charge >= 0.3 is 6.61 Å². The Hall–Kier alpha value is -1.15. The van der Waals surface area contributed by atoms with Crippen LogP contribution in [-0.2, 0) is 16.1 Å². The molecule has 1 saturated heterocycles. The molecule has 1 heterocycles. The lowest BCUT2D eigenvalue weighted by Gasteiger charge is -2.23. The van der Waals surface area contributed by atoms with Crippen LogP contribution in [0.3, 0.4) is 0 Å². The van der Waals surface area contributed by atoms with Crippen LogP contribution in [0.5, 0.6) is 5.75 Å². The van der Waals surface area contributed by atoms with Crippen LogP contribution in [0.25, 0.3) is 0 Å². The molecule has 1 aliphatic rings. The zero-order chi connectivity index (χ0) is 16.8. The molecule has 5 nitrogen and oxygen atoms in total. The van der Waals surface area contributed by atoms with Gasteiger partial charge in [-0.2, -0.15) is 8.78 Å². The molecule has 2 N–H and O–H groups in total. The van der Waals surface area contributed by atoms with Crippen LogP contribution in [0.2, 0.25) is 10.0 Å². The highest BCUT2D eigenvalue weighted by Gasteiger charge is 2.19. The summed E-state index contributed by atoms with van der Waals surface area (Å²) < 4.78 is 34.6. The van der Waals surface area contributed by atoms with Crippen molar-refractivity contribution in [1.29, 1.82) is 0 Å². The molecule has 1 aromatic carbocycles. The zero-order valence-corrected chi connectivity index (χ0v) is 13.6. The van der Waals surface area contributed by atoms with Gasteiger partial charge < -0.3 is 20.1 Å². The molecule has 1 atom stereocenters. The summed E-state index contributed by atoms with van der Waals surface area (Å²) in [6, 6.07) is 2.66. The molecule has 0 saturated carbocycles. The van der Waals surface area contributed by atoms with Gasteiger partial charge in [-0.1, -0.05) is 23.2 Å². The number of benzene rings is 1. The molecule has 1 aliphatic heterocycles. The van der Waals surface area contributed by atoms with E-state index in [2.05, 4.69) is 15.4 Å². The Bertz CT molecular complexity index is 555. The van der Waals surface area contributed by atoms with Crippen LogP contribution in [0.4, 0.5) is 8.78 Å². The second-order valence-electron chi connectivity index (χ2n) is 4.96. The average molecular weight is 369 g/mol. The minimum Gasteiger partial charge on any atom is -0.433 e. The van der Waals surface area contributed by atoms with Crippen molar-refractivity contribution in [3.63, 3.8) is 0 Å². The predicted molar refractivity (Wildman–Crippen MR) is 82.2 cm³/mol. The van der Waals surface area contributed by atoms with E-state index in [4.69, 9.17) is 27.9 Å². The highest BCUT2D eigenvalue weighted by molar-refractivity contribution is 6.35. The maximum atomic E-state index is 12.5. The first-order chi connectivity index (χ1) is 11.0. The SMILES string of the molecule is O=C(CC1COCCN1)NCc1cc(Cl)cc(Cl)c1OC(F)F. The summed E-state index contributed by atoms with van der Waals surface area (Å²) in [4.78, 5) is 11.9. The molecule has 0 bridgehead atoms. The molecule has 1 fully saturated rings. The van der Waals surface area contributed by atoms with E-state index in [1.165, 1.54) is 12.1 Å². The predicted octanol–water partition coefficient (Wildman–Crippen LogP) is 2.59. The fourth-order valence-electron chi connectivity index (χ4n) is 2.21. The maximum Gasteiger partial charge on any atom is 0.387 e. The van der Waals surface area contributed by atoms with Crippen molar-refractivity contribution in [3.05, 3.63) is 27.7 Å². The van der Waals surface area contributed by atoms with Gasteiger partial charge in [0, 0.05) is 36.1 Å². The molecule has 23 heavy (non-hydrogen) atoms. The van der Waals surface area contributed by atoms with Gasteiger partial charge in [-0.05, 0) is 12.1 Å². The topological polar surface area (TPSA) is 59.6 Å². The van der Waals surface area contributed by atoms with E-state index in [1.807, 2.05) is 0 Å². The minimum atomic E-state index is -3.02. The Kier molecular flexibility index (Phi) is 6.83. The first-order valence-electron chi connectivity index (χ1n) is 6.96. The van der Waals surface area contributed by atoms with Crippen LogP contribution >= 0.6 is 23.2 Å². The lowest BCUT2D eigenvalue weighted by molar-refractivity contribution is -0.122. The van der Waals surface area contributed by atoms with Crippen molar-refractivity contribution in [2.45, 2.75) is 25.6 Å². The van der Waals surface area contributed by atoms with E-state index < -0.39 is 6.61 Å². The van der Waals surface area contributed by atoms with E-state index in [0.717, 1.165) is 0 Å². The minimum absolute atomic E-state index is 0.0191. The van der Waals surface area contributed by atoms with Crippen LogP contribution in [0.15, 0.2) is 12.1 Å². The lowest BCUT2D eigenvalue weighted by atomic mass is 10.1. The number of carbonyl (C=O) groups is 1. The number of hydrogen-bond acceptors (Lipinski definition) is 4. The van der Waals surface area contributed by atoms with Crippen molar-refractivity contribution in [1.82, 2.24) is 10.6 Å². The van der Waals surface area contributed by atoms with Crippen molar-refractivity contribution in [2.75, 3.05) is 19.8 Å². The third kappa shape index (κ3) is 5.76. The first-order valence-corrected chi connectivity index (χ1v) is 7.72. The largest absolute Gasteiger partial charge is 0.433 e. The molecule has 1 unspecified atom stereocenters. The summed E-state index contributed by atoms with van der Waals surface area (Å²) >= 11 is 11.7. The van der Waals surface area contributed by atoms with Gasteiger partial charge in [0.1, 0.15) is 5.75 Å². The lowest BCUT2D eigenvalue weighted by Crippen LogP contribution is -2.44. The normalized spacial score (nSPS) is 18.0. The average Bonchev–Trinajstić information content (AvgIpc) is 2.49. The summed E-state index contributed by atoms with van der Waals surface area (Å²) in [7, 11) is 0. The number of ether oxygens (including phenoxy) is 2. The van der Waals surface area contributed by atoms with E-state index in [9.17, 15) is 13.6 Å². The van der Waals surface area contributed by atoms with Crippen molar-refractivity contribution >= 4 is 29.1 Å². The van der Waals surface area contributed by atoms with Gasteiger partial charge in [0.2, 0.25) is 5.91 Å². The van der Waals surface area contributed by atoms with Gasteiger partial charge in [-0.25, -0.2) is 0 Å². The van der Waals surface area contributed by atoms with Crippen LogP contribution in [0.1, 0.15) is 12.0 Å². The molecular weight excluding hydrogens is 353 g/mol. The van der Waals surface area contributed by atoms with Gasteiger partial charge in [0.15, 0.2) is 0 Å². The number of alkyl halides is 2. The Labute approximate surface area is 142 Å². The number of rotatable bonds is 6. The monoisotopic (exact) mass is 368 g/mol. The molecule has 0 aliphatic carbocycles. The van der Waals surface area contributed by atoms with E-state index in [1.54, 1.807) is 0 Å². The Morgan fingerprint density at radius 3 is 2.91 bits per heavy atom. The Morgan fingerprint density at radius 2 is 2.26 bits per heavy atom. The molecule has 0 spiro atoms.